The normalized spacial score (nSPS) is 19.1. The van der Waals surface area contributed by atoms with Crippen LogP contribution in [0.4, 0.5) is 11.4 Å². The van der Waals surface area contributed by atoms with Crippen LogP contribution in [0, 0.1) is 5.92 Å². The van der Waals surface area contributed by atoms with Crippen molar-refractivity contribution in [2.75, 3.05) is 49.1 Å². The largest absolute Gasteiger partial charge is 0.368 e. The van der Waals surface area contributed by atoms with Crippen LogP contribution in [0.3, 0.4) is 0 Å². The summed E-state index contributed by atoms with van der Waals surface area (Å²) in [5.74, 6) is 0.877. The molecule has 2 aliphatic rings. The van der Waals surface area contributed by atoms with Crippen molar-refractivity contribution < 1.29 is 4.79 Å². The van der Waals surface area contributed by atoms with Crippen molar-refractivity contribution in [1.82, 2.24) is 4.90 Å². The number of fused-ring (bicyclic) bond motifs is 1. The highest BCUT2D eigenvalue weighted by molar-refractivity contribution is 5.99. The summed E-state index contributed by atoms with van der Waals surface area (Å²) in [5.41, 5.74) is 2.29. The molecule has 4 heteroatoms. The minimum absolute atomic E-state index is 0.253. The van der Waals surface area contributed by atoms with Gasteiger partial charge in [0.25, 0.3) is 0 Å². The second-order valence-corrected chi connectivity index (χ2v) is 7.21. The van der Waals surface area contributed by atoms with Gasteiger partial charge in [-0.3, -0.25) is 9.69 Å². The van der Waals surface area contributed by atoms with Crippen LogP contribution in [0.5, 0.6) is 0 Å². The van der Waals surface area contributed by atoms with Crippen molar-refractivity contribution in [3.05, 3.63) is 24.3 Å². The van der Waals surface area contributed by atoms with Gasteiger partial charge < -0.3 is 9.80 Å². The predicted octanol–water partition coefficient (Wildman–Crippen LogP) is 2.98. The fourth-order valence-electron chi connectivity index (χ4n) is 3.71. The molecule has 0 bridgehead atoms. The Morgan fingerprint density at radius 1 is 1.00 bits per heavy atom. The van der Waals surface area contributed by atoms with Crippen molar-refractivity contribution >= 4 is 17.3 Å². The molecule has 3 rings (SSSR count). The molecule has 0 radical (unpaired) electrons. The van der Waals surface area contributed by atoms with Gasteiger partial charge in [-0.2, -0.15) is 0 Å². The fraction of sp³-hybridized carbons (Fsp3) is 0.632. The van der Waals surface area contributed by atoms with Crippen LogP contribution in [0.2, 0.25) is 0 Å². The number of carbonyl (C=O) groups excluding carboxylic acids is 1. The molecule has 1 fully saturated rings. The lowest BCUT2D eigenvalue weighted by molar-refractivity contribution is -0.120. The average Bonchev–Trinajstić information content (AvgIpc) is 2.55. The molecule has 2 heterocycles. The summed E-state index contributed by atoms with van der Waals surface area (Å²) in [5, 5.41) is 0. The number of hydrogen-bond acceptors (Lipinski definition) is 3. The van der Waals surface area contributed by atoms with E-state index in [1.54, 1.807) is 0 Å². The second kappa shape index (κ2) is 7.35. The highest BCUT2D eigenvalue weighted by atomic mass is 16.2. The first kappa shape index (κ1) is 16.3. The average molecular weight is 315 g/mol. The first-order valence-electron chi connectivity index (χ1n) is 9.02. The van der Waals surface area contributed by atoms with Gasteiger partial charge in [-0.25, -0.2) is 0 Å². The Morgan fingerprint density at radius 2 is 1.70 bits per heavy atom. The topological polar surface area (TPSA) is 26.8 Å². The maximum Gasteiger partial charge on any atom is 0.241 e. The quantitative estimate of drug-likeness (QED) is 0.854. The Bertz CT molecular complexity index is 537. The summed E-state index contributed by atoms with van der Waals surface area (Å²) in [4.78, 5) is 19.6. The minimum atomic E-state index is 0.253. The molecule has 4 nitrogen and oxygen atoms in total. The van der Waals surface area contributed by atoms with Gasteiger partial charge in [0.1, 0.15) is 0 Å². The molecule has 0 unspecified atom stereocenters. The van der Waals surface area contributed by atoms with Crippen LogP contribution in [0.1, 0.15) is 33.1 Å². The van der Waals surface area contributed by atoms with Crippen LogP contribution in [-0.4, -0.2) is 50.1 Å². The number of carbonyl (C=O) groups is 1. The molecule has 23 heavy (non-hydrogen) atoms. The molecular formula is C19H29N3O. The van der Waals surface area contributed by atoms with E-state index in [2.05, 4.69) is 41.8 Å². The second-order valence-electron chi connectivity index (χ2n) is 7.21. The highest BCUT2D eigenvalue weighted by Gasteiger charge is 2.27. The van der Waals surface area contributed by atoms with Crippen molar-refractivity contribution in [2.24, 2.45) is 5.92 Å². The Balaban J connectivity index is 1.73. The minimum Gasteiger partial charge on any atom is -0.368 e. The van der Waals surface area contributed by atoms with Gasteiger partial charge in [-0.05, 0) is 44.0 Å². The van der Waals surface area contributed by atoms with E-state index < -0.39 is 0 Å². The van der Waals surface area contributed by atoms with E-state index in [1.165, 1.54) is 24.9 Å². The lowest BCUT2D eigenvalue weighted by Crippen LogP contribution is -2.49. The highest BCUT2D eigenvalue weighted by Crippen LogP contribution is 2.33. The smallest absolute Gasteiger partial charge is 0.241 e. The Morgan fingerprint density at radius 3 is 2.39 bits per heavy atom. The van der Waals surface area contributed by atoms with E-state index in [1.807, 2.05) is 11.0 Å². The van der Waals surface area contributed by atoms with Crippen LogP contribution < -0.4 is 9.80 Å². The number of benzene rings is 1. The Hall–Kier alpha value is -1.55. The number of anilines is 2. The predicted molar refractivity (Wildman–Crippen MR) is 96.1 cm³/mol. The summed E-state index contributed by atoms with van der Waals surface area (Å²) in [6, 6.07) is 8.36. The molecule has 0 aliphatic carbocycles. The van der Waals surface area contributed by atoms with Gasteiger partial charge in [0, 0.05) is 19.6 Å². The zero-order valence-electron chi connectivity index (χ0n) is 14.5. The first-order chi connectivity index (χ1) is 11.1. The fourth-order valence-corrected chi connectivity index (χ4v) is 3.71. The van der Waals surface area contributed by atoms with E-state index in [4.69, 9.17) is 0 Å². The summed E-state index contributed by atoms with van der Waals surface area (Å²) in [6.45, 7) is 9.98. The van der Waals surface area contributed by atoms with Crippen molar-refractivity contribution in [3.63, 3.8) is 0 Å². The number of rotatable bonds is 4. The van der Waals surface area contributed by atoms with Gasteiger partial charge in [-0.1, -0.05) is 32.4 Å². The van der Waals surface area contributed by atoms with Crippen LogP contribution >= 0.6 is 0 Å². The van der Waals surface area contributed by atoms with Gasteiger partial charge >= 0.3 is 0 Å². The van der Waals surface area contributed by atoms with Crippen molar-refractivity contribution in [3.8, 4) is 0 Å². The van der Waals surface area contributed by atoms with Crippen molar-refractivity contribution in [1.29, 1.82) is 0 Å². The molecule has 1 saturated heterocycles. The standard InChI is InChI=1S/C19H29N3O/c1-16(2)14-21-12-13-22(18-9-5-4-8-17(18)21)19(23)15-20-10-6-3-7-11-20/h4-5,8-9,16H,3,6-7,10-15H2,1-2H3. The third kappa shape index (κ3) is 3.86. The van der Waals surface area contributed by atoms with E-state index >= 15 is 0 Å². The van der Waals surface area contributed by atoms with Crippen LogP contribution in [0.25, 0.3) is 0 Å². The van der Waals surface area contributed by atoms with E-state index in [-0.39, 0.29) is 5.91 Å². The van der Waals surface area contributed by atoms with E-state index in [0.29, 0.717) is 12.5 Å². The number of piperidine rings is 1. The van der Waals surface area contributed by atoms with Gasteiger partial charge in [0.05, 0.1) is 17.9 Å². The molecule has 1 aromatic rings. The van der Waals surface area contributed by atoms with E-state index in [9.17, 15) is 4.79 Å². The van der Waals surface area contributed by atoms with Gasteiger partial charge in [0.2, 0.25) is 5.91 Å². The summed E-state index contributed by atoms with van der Waals surface area (Å²) in [7, 11) is 0. The van der Waals surface area contributed by atoms with Crippen LogP contribution in [-0.2, 0) is 4.79 Å². The van der Waals surface area contributed by atoms with Crippen molar-refractivity contribution in [2.45, 2.75) is 33.1 Å². The summed E-state index contributed by atoms with van der Waals surface area (Å²) < 4.78 is 0. The SMILES string of the molecule is CC(C)CN1CCN(C(=O)CN2CCCCC2)c2ccccc21. The Kier molecular flexibility index (Phi) is 5.21. The first-order valence-corrected chi connectivity index (χ1v) is 9.02. The third-order valence-corrected chi connectivity index (χ3v) is 4.80. The molecule has 1 amide bonds. The number of hydrogen-bond donors (Lipinski definition) is 0. The lowest BCUT2D eigenvalue weighted by atomic mass is 10.1. The molecule has 0 atom stereocenters. The zero-order chi connectivity index (χ0) is 16.2. The maximum atomic E-state index is 12.8. The molecule has 1 aromatic carbocycles. The molecule has 126 valence electrons. The number of para-hydroxylation sites is 2. The summed E-state index contributed by atoms with van der Waals surface area (Å²) in [6.07, 6.45) is 3.76. The number of likely N-dealkylation sites (tertiary alicyclic amines) is 1. The summed E-state index contributed by atoms with van der Waals surface area (Å²) >= 11 is 0. The molecule has 0 aromatic heterocycles. The van der Waals surface area contributed by atoms with Crippen LogP contribution in [0.15, 0.2) is 24.3 Å². The maximum absolute atomic E-state index is 12.8. The van der Waals surface area contributed by atoms with E-state index in [0.717, 1.165) is 38.4 Å². The molecule has 2 aliphatic heterocycles. The Labute approximate surface area is 140 Å². The molecule has 0 saturated carbocycles. The van der Waals surface area contributed by atoms with Gasteiger partial charge in [-0.15, -0.1) is 0 Å². The molecule has 0 N–H and O–H groups in total. The lowest BCUT2D eigenvalue weighted by Gasteiger charge is -2.39. The number of amides is 1. The number of nitrogens with zero attached hydrogens (tertiary/aromatic N) is 3. The third-order valence-electron chi connectivity index (χ3n) is 4.80. The molecular weight excluding hydrogens is 286 g/mol. The monoisotopic (exact) mass is 315 g/mol. The van der Waals surface area contributed by atoms with Gasteiger partial charge in [0.15, 0.2) is 0 Å². The zero-order valence-corrected chi connectivity index (χ0v) is 14.5. The molecule has 0 spiro atoms.